The highest BCUT2D eigenvalue weighted by Gasteiger charge is 2.25. The number of piperidine rings is 1. The van der Waals surface area contributed by atoms with Crippen LogP contribution in [0.2, 0.25) is 0 Å². The Morgan fingerprint density at radius 2 is 1.78 bits per heavy atom. The zero-order valence-corrected chi connectivity index (χ0v) is 19.5. The number of nitrogens with one attached hydrogen (secondary N) is 1. The average Bonchev–Trinajstić information content (AvgIpc) is 3.22. The second-order valence-corrected chi connectivity index (χ2v) is 8.54. The maximum absolute atomic E-state index is 12.8. The average molecular weight is 458 g/mol. The van der Waals surface area contributed by atoms with Crippen molar-refractivity contribution in [3.8, 4) is 22.4 Å². The van der Waals surface area contributed by atoms with Crippen molar-refractivity contribution in [2.45, 2.75) is 25.9 Å². The van der Waals surface area contributed by atoms with Gasteiger partial charge in [0.25, 0.3) is 5.19 Å². The van der Waals surface area contributed by atoms with E-state index >= 15 is 0 Å². The van der Waals surface area contributed by atoms with Gasteiger partial charge < -0.3 is 29.2 Å². The molecule has 2 heterocycles. The number of hydrogen-bond donors (Lipinski definition) is 1. The van der Waals surface area contributed by atoms with Crippen LogP contribution in [0.15, 0.2) is 30.3 Å². The van der Waals surface area contributed by atoms with Crippen molar-refractivity contribution < 1.29 is 23.7 Å². The molecule has 0 unspecified atom stereocenters. The molecule has 4 rings (SSSR count). The van der Waals surface area contributed by atoms with Gasteiger partial charge in [-0.3, -0.25) is 0 Å². The Morgan fingerprint density at radius 1 is 1.09 bits per heavy atom. The predicted molar refractivity (Wildman–Crippen MR) is 125 cm³/mol. The van der Waals surface area contributed by atoms with Crippen LogP contribution in [0.3, 0.4) is 0 Å². The van der Waals surface area contributed by atoms with Crippen LogP contribution in [0, 0.1) is 6.92 Å². The summed E-state index contributed by atoms with van der Waals surface area (Å²) in [5.74, 6) is 1.46. The van der Waals surface area contributed by atoms with Gasteiger partial charge in [-0.15, -0.1) is 0 Å². The molecule has 1 aromatic heterocycles. The molecular formula is C23H27N3O5S. The summed E-state index contributed by atoms with van der Waals surface area (Å²) in [5, 5.41) is 3.61. The smallest absolute Gasteiger partial charge is 0.321 e. The van der Waals surface area contributed by atoms with Crippen molar-refractivity contribution >= 4 is 33.3 Å². The zero-order valence-electron chi connectivity index (χ0n) is 18.6. The normalized spacial score (nSPS) is 14.3. The van der Waals surface area contributed by atoms with E-state index in [-0.39, 0.29) is 12.1 Å². The van der Waals surface area contributed by atoms with E-state index in [1.807, 2.05) is 6.07 Å². The molecule has 0 aliphatic carbocycles. The molecule has 1 fully saturated rings. The fourth-order valence-corrected chi connectivity index (χ4v) is 4.75. The Balaban J connectivity index is 1.35. The number of ether oxygens (including phenoxy) is 4. The number of urea groups is 1. The number of para-hydroxylation sites is 1. The van der Waals surface area contributed by atoms with E-state index < -0.39 is 0 Å². The fraction of sp³-hybridized carbons (Fsp3) is 0.391. The highest BCUT2D eigenvalue weighted by Crippen LogP contribution is 2.40. The molecule has 0 atom stereocenters. The first-order chi connectivity index (χ1) is 15.5. The van der Waals surface area contributed by atoms with Crippen LogP contribution in [0.5, 0.6) is 22.4 Å². The number of anilines is 1. The Morgan fingerprint density at radius 3 is 2.38 bits per heavy atom. The van der Waals surface area contributed by atoms with Crippen molar-refractivity contribution in [2.24, 2.45) is 0 Å². The molecule has 3 aromatic rings. The maximum Gasteiger partial charge on any atom is 0.321 e. The van der Waals surface area contributed by atoms with Crippen LogP contribution in [-0.4, -0.2) is 56.4 Å². The topological polar surface area (TPSA) is 82.2 Å². The number of fused-ring (bicyclic) bond motifs is 1. The molecule has 1 aliphatic rings. The minimum Gasteiger partial charge on any atom is -0.493 e. The Kier molecular flexibility index (Phi) is 6.55. The first-order valence-electron chi connectivity index (χ1n) is 10.4. The van der Waals surface area contributed by atoms with Crippen LogP contribution in [0.25, 0.3) is 10.2 Å². The van der Waals surface area contributed by atoms with Gasteiger partial charge in [-0.2, -0.15) is 0 Å². The fourth-order valence-electron chi connectivity index (χ4n) is 3.79. The lowest BCUT2D eigenvalue weighted by Crippen LogP contribution is -2.43. The molecule has 0 radical (unpaired) electrons. The molecule has 9 heteroatoms. The molecule has 32 heavy (non-hydrogen) atoms. The summed E-state index contributed by atoms with van der Waals surface area (Å²) in [6, 6.07) is 9.40. The number of amides is 2. The molecule has 2 amide bonds. The van der Waals surface area contributed by atoms with Crippen LogP contribution in [0.1, 0.15) is 18.4 Å². The predicted octanol–water partition coefficient (Wildman–Crippen LogP) is 4.71. The third-order valence-electron chi connectivity index (χ3n) is 5.51. The summed E-state index contributed by atoms with van der Waals surface area (Å²) in [4.78, 5) is 19.2. The molecule has 0 spiro atoms. The monoisotopic (exact) mass is 457 g/mol. The van der Waals surface area contributed by atoms with E-state index in [4.69, 9.17) is 18.9 Å². The summed E-state index contributed by atoms with van der Waals surface area (Å²) in [6.45, 7) is 3.26. The van der Waals surface area contributed by atoms with Crippen LogP contribution in [-0.2, 0) is 0 Å². The van der Waals surface area contributed by atoms with Gasteiger partial charge in [0, 0.05) is 38.1 Å². The summed E-state index contributed by atoms with van der Waals surface area (Å²) >= 11 is 1.56. The minimum absolute atomic E-state index is 0.0427. The zero-order chi connectivity index (χ0) is 22.7. The summed E-state index contributed by atoms with van der Waals surface area (Å²) in [6.07, 6.45) is 1.54. The SMILES string of the molecule is COc1cc(NC(=O)N2CCC(Oc3nc4c(C)cccc4s3)CC2)cc(OC)c1OC. The molecule has 1 saturated heterocycles. The summed E-state index contributed by atoms with van der Waals surface area (Å²) in [5.41, 5.74) is 2.72. The molecule has 1 aliphatic heterocycles. The number of aromatic nitrogens is 1. The van der Waals surface area contributed by atoms with E-state index in [1.54, 1.807) is 49.7 Å². The summed E-state index contributed by atoms with van der Waals surface area (Å²) < 4.78 is 23.3. The lowest BCUT2D eigenvalue weighted by atomic mass is 10.1. The molecular weight excluding hydrogens is 430 g/mol. The van der Waals surface area contributed by atoms with Crippen LogP contribution >= 0.6 is 11.3 Å². The minimum atomic E-state index is -0.173. The standard InChI is InChI=1S/C23H27N3O5S/c1-14-6-5-7-19-20(14)25-23(32-19)31-16-8-10-26(11-9-16)22(27)24-15-12-17(28-2)21(30-4)18(13-15)29-3/h5-7,12-13,16H,8-11H2,1-4H3,(H,24,27). The van der Waals surface area contributed by atoms with E-state index in [0.29, 0.717) is 41.2 Å². The van der Waals surface area contributed by atoms with E-state index in [9.17, 15) is 4.79 Å². The lowest BCUT2D eigenvalue weighted by Gasteiger charge is -2.31. The van der Waals surface area contributed by atoms with E-state index in [1.165, 1.54) is 0 Å². The van der Waals surface area contributed by atoms with Gasteiger partial charge in [0.1, 0.15) is 6.10 Å². The van der Waals surface area contributed by atoms with Gasteiger partial charge in [-0.05, 0) is 18.6 Å². The highest BCUT2D eigenvalue weighted by molar-refractivity contribution is 7.20. The van der Waals surface area contributed by atoms with E-state index in [2.05, 4.69) is 29.4 Å². The van der Waals surface area contributed by atoms with Crippen molar-refractivity contribution in [2.75, 3.05) is 39.7 Å². The van der Waals surface area contributed by atoms with Gasteiger partial charge in [-0.25, -0.2) is 9.78 Å². The number of benzene rings is 2. The number of likely N-dealkylation sites (tertiary alicyclic amines) is 1. The van der Waals surface area contributed by atoms with Gasteiger partial charge in [0.2, 0.25) is 5.75 Å². The third-order valence-corrected chi connectivity index (χ3v) is 6.43. The van der Waals surface area contributed by atoms with Crippen molar-refractivity contribution in [3.05, 3.63) is 35.9 Å². The molecule has 170 valence electrons. The van der Waals surface area contributed by atoms with E-state index in [0.717, 1.165) is 28.6 Å². The Bertz CT molecular complexity index is 1080. The number of rotatable bonds is 6. The number of nitrogens with zero attached hydrogens (tertiary/aromatic N) is 2. The van der Waals surface area contributed by atoms with Crippen molar-refractivity contribution in [1.29, 1.82) is 0 Å². The number of methoxy groups -OCH3 is 3. The van der Waals surface area contributed by atoms with Gasteiger partial charge in [-0.1, -0.05) is 23.5 Å². The Hall–Kier alpha value is -3.20. The largest absolute Gasteiger partial charge is 0.493 e. The van der Waals surface area contributed by atoms with Crippen molar-refractivity contribution in [1.82, 2.24) is 9.88 Å². The van der Waals surface area contributed by atoms with Crippen LogP contribution < -0.4 is 24.3 Å². The second kappa shape index (κ2) is 9.52. The molecule has 2 aromatic carbocycles. The molecule has 8 nitrogen and oxygen atoms in total. The first-order valence-corrected chi connectivity index (χ1v) is 11.2. The molecule has 0 bridgehead atoms. The molecule has 0 saturated carbocycles. The summed E-state index contributed by atoms with van der Waals surface area (Å²) in [7, 11) is 4.63. The molecule has 1 N–H and O–H groups in total. The Labute approximate surface area is 191 Å². The second-order valence-electron chi connectivity index (χ2n) is 7.55. The quantitative estimate of drug-likeness (QED) is 0.578. The number of aryl methyl sites for hydroxylation is 1. The number of carbonyl (C=O) groups is 1. The maximum atomic E-state index is 12.8. The lowest BCUT2D eigenvalue weighted by molar-refractivity contribution is 0.115. The number of thiazole rings is 1. The highest BCUT2D eigenvalue weighted by atomic mass is 32.1. The van der Waals surface area contributed by atoms with Gasteiger partial charge in [0.15, 0.2) is 11.5 Å². The van der Waals surface area contributed by atoms with Crippen molar-refractivity contribution in [3.63, 3.8) is 0 Å². The van der Waals surface area contributed by atoms with Gasteiger partial charge in [0.05, 0.1) is 37.2 Å². The number of hydrogen-bond acceptors (Lipinski definition) is 7. The van der Waals surface area contributed by atoms with Crippen LogP contribution in [0.4, 0.5) is 10.5 Å². The first kappa shape index (κ1) is 22.0. The third kappa shape index (κ3) is 4.52. The number of carbonyl (C=O) groups excluding carboxylic acids is 1. The van der Waals surface area contributed by atoms with Gasteiger partial charge >= 0.3 is 6.03 Å².